The molecule has 0 radical (unpaired) electrons. The van der Waals surface area contributed by atoms with Crippen LogP contribution in [0.2, 0.25) is 0 Å². The molecule has 0 atom stereocenters. The quantitative estimate of drug-likeness (QED) is 0.914. The van der Waals surface area contributed by atoms with Gasteiger partial charge < -0.3 is 19.6 Å². The van der Waals surface area contributed by atoms with Crippen molar-refractivity contribution in [2.24, 2.45) is 0 Å². The number of amides is 3. The number of rotatable bonds is 3. The maximum absolute atomic E-state index is 12.5. The highest BCUT2D eigenvalue weighted by molar-refractivity contribution is 5.93. The highest BCUT2D eigenvalue weighted by Crippen LogP contribution is 2.20. The number of urea groups is 1. The third kappa shape index (κ3) is 3.37. The van der Waals surface area contributed by atoms with Crippen molar-refractivity contribution in [3.8, 4) is 11.3 Å². The number of hydrogen-bond acceptors (Lipinski definition) is 5. The van der Waals surface area contributed by atoms with Crippen LogP contribution in [0.15, 0.2) is 35.1 Å². The Morgan fingerprint density at radius 2 is 2.00 bits per heavy atom. The molecule has 1 aliphatic rings. The Labute approximate surface area is 139 Å². The fourth-order valence-corrected chi connectivity index (χ4v) is 2.56. The van der Waals surface area contributed by atoms with Gasteiger partial charge in [-0.2, -0.15) is 0 Å². The van der Waals surface area contributed by atoms with E-state index in [1.54, 1.807) is 34.3 Å². The minimum absolute atomic E-state index is 0.0927. The van der Waals surface area contributed by atoms with Gasteiger partial charge in [0.25, 0.3) is 5.91 Å². The Morgan fingerprint density at radius 1 is 1.25 bits per heavy atom. The predicted molar refractivity (Wildman–Crippen MR) is 86.3 cm³/mol. The van der Waals surface area contributed by atoms with E-state index in [0.29, 0.717) is 38.5 Å². The molecule has 1 saturated heterocycles. The Balaban J connectivity index is 1.62. The van der Waals surface area contributed by atoms with Crippen molar-refractivity contribution in [3.05, 3.63) is 36.3 Å². The Bertz CT molecular complexity index is 708. The molecule has 8 heteroatoms. The number of nitrogens with zero attached hydrogens (tertiary/aromatic N) is 4. The lowest BCUT2D eigenvalue weighted by Crippen LogP contribution is -2.53. The van der Waals surface area contributed by atoms with E-state index >= 15 is 0 Å². The first-order valence-electron chi connectivity index (χ1n) is 7.88. The number of piperazine rings is 1. The molecule has 0 aliphatic carbocycles. The van der Waals surface area contributed by atoms with Gasteiger partial charge in [-0.15, -0.1) is 0 Å². The van der Waals surface area contributed by atoms with Crippen LogP contribution in [0.1, 0.15) is 17.4 Å². The van der Waals surface area contributed by atoms with Crippen molar-refractivity contribution >= 4 is 11.9 Å². The van der Waals surface area contributed by atoms with E-state index in [1.165, 1.54) is 0 Å². The molecule has 3 rings (SSSR count). The summed E-state index contributed by atoms with van der Waals surface area (Å²) in [6.45, 7) is 4.43. The van der Waals surface area contributed by atoms with Crippen LogP contribution in [0, 0.1) is 0 Å². The first-order chi connectivity index (χ1) is 11.7. The fourth-order valence-electron chi connectivity index (χ4n) is 2.56. The van der Waals surface area contributed by atoms with Crippen LogP contribution in [-0.4, -0.2) is 64.6 Å². The van der Waals surface area contributed by atoms with E-state index in [1.807, 2.05) is 13.0 Å². The summed E-state index contributed by atoms with van der Waals surface area (Å²) in [7, 11) is 0. The van der Waals surface area contributed by atoms with Gasteiger partial charge in [0, 0.05) is 56.7 Å². The molecular weight excluding hydrogens is 310 g/mol. The van der Waals surface area contributed by atoms with Crippen molar-refractivity contribution in [1.29, 1.82) is 0 Å². The molecule has 126 valence electrons. The summed E-state index contributed by atoms with van der Waals surface area (Å²) in [6.07, 6.45) is 3.32. The molecule has 3 amide bonds. The van der Waals surface area contributed by atoms with E-state index in [4.69, 9.17) is 4.52 Å². The number of aromatic nitrogens is 2. The molecule has 1 fully saturated rings. The zero-order valence-corrected chi connectivity index (χ0v) is 13.4. The van der Waals surface area contributed by atoms with Gasteiger partial charge in [0.2, 0.25) is 0 Å². The van der Waals surface area contributed by atoms with Crippen LogP contribution >= 0.6 is 0 Å². The van der Waals surface area contributed by atoms with E-state index in [0.717, 1.165) is 5.56 Å². The molecule has 0 unspecified atom stereocenters. The normalized spacial score (nSPS) is 14.5. The van der Waals surface area contributed by atoms with Gasteiger partial charge in [0.1, 0.15) is 0 Å². The third-order valence-electron chi connectivity index (χ3n) is 3.86. The van der Waals surface area contributed by atoms with Crippen molar-refractivity contribution < 1.29 is 14.1 Å². The topological polar surface area (TPSA) is 91.6 Å². The monoisotopic (exact) mass is 329 g/mol. The molecular formula is C16H19N5O3. The second kappa shape index (κ2) is 7.12. The minimum Gasteiger partial charge on any atom is -0.355 e. The summed E-state index contributed by atoms with van der Waals surface area (Å²) in [5, 5.41) is 6.63. The molecule has 1 aliphatic heterocycles. The second-order valence-corrected chi connectivity index (χ2v) is 5.43. The van der Waals surface area contributed by atoms with Gasteiger partial charge in [-0.25, -0.2) is 4.79 Å². The predicted octanol–water partition coefficient (Wildman–Crippen LogP) is 1.22. The van der Waals surface area contributed by atoms with Gasteiger partial charge in [-0.1, -0.05) is 5.16 Å². The van der Waals surface area contributed by atoms with Gasteiger partial charge in [0.05, 0.1) is 0 Å². The number of carbonyl (C=O) groups excluding carboxylic acids is 2. The highest BCUT2D eigenvalue weighted by atomic mass is 16.5. The third-order valence-corrected chi connectivity index (χ3v) is 3.86. The first kappa shape index (κ1) is 16.0. The number of hydrogen-bond donors (Lipinski definition) is 1. The van der Waals surface area contributed by atoms with Crippen molar-refractivity contribution in [1.82, 2.24) is 25.3 Å². The SMILES string of the molecule is CCNC(=O)N1CCN(C(=O)c2cc(-c3cccnc3)on2)CC1. The summed E-state index contributed by atoms with van der Waals surface area (Å²) in [5.74, 6) is 0.317. The molecule has 0 aromatic carbocycles. The summed E-state index contributed by atoms with van der Waals surface area (Å²) < 4.78 is 5.24. The molecule has 2 aromatic rings. The Hall–Kier alpha value is -2.90. The van der Waals surface area contributed by atoms with Gasteiger partial charge in [0.15, 0.2) is 11.5 Å². The van der Waals surface area contributed by atoms with E-state index < -0.39 is 0 Å². The number of pyridine rings is 1. The van der Waals surface area contributed by atoms with Crippen LogP contribution in [0.4, 0.5) is 4.79 Å². The largest absolute Gasteiger partial charge is 0.355 e. The van der Waals surface area contributed by atoms with Gasteiger partial charge in [-0.05, 0) is 19.1 Å². The standard InChI is InChI=1S/C16H19N5O3/c1-2-18-16(23)21-8-6-20(7-9-21)15(22)13-10-14(24-19-13)12-4-3-5-17-11-12/h3-5,10-11H,2,6-9H2,1H3,(H,18,23). The number of carbonyl (C=O) groups is 2. The zero-order chi connectivity index (χ0) is 16.9. The molecule has 0 spiro atoms. The summed E-state index contributed by atoms with van der Waals surface area (Å²) in [6, 6.07) is 5.16. The molecule has 1 N–H and O–H groups in total. The lowest BCUT2D eigenvalue weighted by Gasteiger charge is -2.34. The smallest absolute Gasteiger partial charge is 0.317 e. The molecule has 2 aromatic heterocycles. The average molecular weight is 329 g/mol. The lowest BCUT2D eigenvalue weighted by molar-refractivity contribution is 0.0655. The molecule has 24 heavy (non-hydrogen) atoms. The summed E-state index contributed by atoms with van der Waals surface area (Å²) in [5.41, 5.74) is 1.03. The molecule has 0 saturated carbocycles. The maximum atomic E-state index is 12.5. The molecule has 8 nitrogen and oxygen atoms in total. The van der Waals surface area contributed by atoms with Crippen LogP contribution in [0.5, 0.6) is 0 Å². The zero-order valence-electron chi connectivity index (χ0n) is 13.4. The lowest BCUT2D eigenvalue weighted by atomic mass is 10.2. The van der Waals surface area contributed by atoms with Crippen LogP contribution in [-0.2, 0) is 0 Å². The maximum Gasteiger partial charge on any atom is 0.317 e. The Morgan fingerprint density at radius 3 is 2.67 bits per heavy atom. The van der Waals surface area contributed by atoms with E-state index in [-0.39, 0.29) is 17.6 Å². The molecule has 0 bridgehead atoms. The molecule has 3 heterocycles. The van der Waals surface area contributed by atoms with Gasteiger partial charge in [-0.3, -0.25) is 9.78 Å². The summed E-state index contributed by atoms with van der Waals surface area (Å²) in [4.78, 5) is 31.7. The average Bonchev–Trinajstić information content (AvgIpc) is 3.12. The van der Waals surface area contributed by atoms with Crippen LogP contribution in [0.3, 0.4) is 0 Å². The first-order valence-corrected chi connectivity index (χ1v) is 7.88. The second-order valence-electron chi connectivity index (χ2n) is 5.43. The number of nitrogens with one attached hydrogen (secondary N) is 1. The Kier molecular flexibility index (Phi) is 4.74. The highest BCUT2D eigenvalue weighted by Gasteiger charge is 2.26. The minimum atomic E-state index is -0.190. The van der Waals surface area contributed by atoms with Crippen molar-refractivity contribution in [2.45, 2.75) is 6.92 Å². The van der Waals surface area contributed by atoms with Gasteiger partial charge >= 0.3 is 6.03 Å². The van der Waals surface area contributed by atoms with E-state index in [2.05, 4.69) is 15.5 Å². The van der Waals surface area contributed by atoms with Crippen LogP contribution in [0.25, 0.3) is 11.3 Å². The fraction of sp³-hybridized carbons (Fsp3) is 0.375. The van der Waals surface area contributed by atoms with Crippen LogP contribution < -0.4 is 5.32 Å². The van der Waals surface area contributed by atoms with Crippen molar-refractivity contribution in [2.75, 3.05) is 32.7 Å². The summed E-state index contributed by atoms with van der Waals surface area (Å²) >= 11 is 0. The van der Waals surface area contributed by atoms with E-state index in [9.17, 15) is 9.59 Å². The van der Waals surface area contributed by atoms with Crippen molar-refractivity contribution in [3.63, 3.8) is 0 Å².